The minimum Gasteiger partial charge on any atom is -0.434 e. The summed E-state index contributed by atoms with van der Waals surface area (Å²) in [5, 5.41) is 0.591. The van der Waals surface area contributed by atoms with Gasteiger partial charge in [-0.1, -0.05) is 41.9 Å². The summed E-state index contributed by atoms with van der Waals surface area (Å²) in [5.41, 5.74) is 7.35. The molecule has 0 heterocycles. The third-order valence-corrected chi connectivity index (χ3v) is 2.95. The average molecular weight is 284 g/mol. The van der Waals surface area contributed by atoms with Gasteiger partial charge in [-0.15, -0.1) is 0 Å². The van der Waals surface area contributed by atoms with Crippen molar-refractivity contribution in [2.24, 2.45) is 5.73 Å². The fourth-order valence-corrected chi connectivity index (χ4v) is 1.92. The van der Waals surface area contributed by atoms with Gasteiger partial charge in [0.25, 0.3) is 0 Å². The molecule has 0 aliphatic carbocycles. The molecule has 0 aliphatic rings. The molecule has 0 radical (unpaired) electrons. The molecule has 0 saturated heterocycles. The lowest BCUT2D eigenvalue weighted by Gasteiger charge is -2.17. The van der Waals surface area contributed by atoms with Gasteiger partial charge in [-0.2, -0.15) is 8.78 Å². The van der Waals surface area contributed by atoms with Gasteiger partial charge in [0.05, 0.1) is 6.04 Å². The van der Waals surface area contributed by atoms with Crippen LogP contribution in [0.4, 0.5) is 8.78 Å². The van der Waals surface area contributed by atoms with Crippen LogP contribution in [0.2, 0.25) is 5.02 Å². The molecule has 0 saturated carbocycles. The summed E-state index contributed by atoms with van der Waals surface area (Å²) >= 11 is 5.80. The maximum absolute atomic E-state index is 12.3. The first kappa shape index (κ1) is 13.8. The third kappa shape index (κ3) is 3.43. The summed E-state index contributed by atoms with van der Waals surface area (Å²) in [6.07, 6.45) is 0. The molecule has 5 heteroatoms. The van der Waals surface area contributed by atoms with Crippen LogP contribution in [-0.2, 0) is 0 Å². The van der Waals surface area contributed by atoms with Crippen molar-refractivity contribution in [3.63, 3.8) is 0 Å². The van der Waals surface area contributed by atoms with E-state index in [1.54, 1.807) is 42.5 Å². The van der Waals surface area contributed by atoms with Gasteiger partial charge in [0.2, 0.25) is 0 Å². The van der Waals surface area contributed by atoms with Gasteiger partial charge in [0.15, 0.2) is 0 Å². The van der Waals surface area contributed by atoms with E-state index in [0.717, 1.165) is 5.56 Å². The van der Waals surface area contributed by atoms with Gasteiger partial charge in [-0.25, -0.2) is 0 Å². The smallest absolute Gasteiger partial charge is 0.387 e. The molecule has 2 nitrogen and oxygen atoms in total. The fraction of sp³-hybridized carbons (Fsp3) is 0.143. The second-order valence-corrected chi connectivity index (χ2v) is 4.38. The molecule has 2 N–H and O–H groups in total. The van der Waals surface area contributed by atoms with E-state index >= 15 is 0 Å². The molecule has 2 aromatic carbocycles. The highest BCUT2D eigenvalue weighted by molar-refractivity contribution is 6.30. The second-order valence-electron chi connectivity index (χ2n) is 3.95. The largest absolute Gasteiger partial charge is 0.434 e. The Morgan fingerprint density at radius 3 is 2.26 bits per heavy atom. The number of halogens is 3. The van der Waals surface area contributed by atoms with Crippen LogP contribution in [0.25, 0.3) is 0 Å². The number of hydrogen-bond acceptors (Lipinski definition) is 2. The summed E-state index contributed by atoms with van der Waals surface area (Å²) in [5.74, 6) is 0.0833. The van der Waals surface area contributed by atoms with Crippen LogP contribution in [0, 0.1) is 0 Å². The highest BCUT2D eigenvalue weighted by Gasteiger charge is 2.16. The molecule has 0 spiro atoms. The van der Waals surface area contributed by atoms with Crippen molar-refractivity contribution < 1.29 is 13.5 Å². The zero-order valence-corrected chi connectivity index (χ0v) is 10.6. The van der Waals surface area contributed by atoms with Crippen LogP contribution >= 0.6 is 11.6 Å². The van der Waals surface area contributed by atoms with Crippen LogP contribution < -0.4 is 10.5 Å². The Morgan fingerprint density at radius 2 is 1.63 bits per heavy atom. The number of rotatable bonds is 4. The maximum Gasteiger partial charge on any atom is 0.387 e. The standard InChI is InChI=1S/C14H12ClF2NO/c15-10-7-5-9(6-8-10)13(18)11-3-1-2-4-12(11)19-14(16)17/h1-8,13-14H,18H2. The Hall–Kier alpha value is -1.65. The minimum absolute atomic E-state index is 0.0833. The van der Waals surface area contributed by atoms with Gasteiger partial charge < -0.3 is 10.5 Å². The highest BCUT2D eigenvalue weighted by atomic mass is 35.5. The molecule has 100 valence electrons. The van der Waals surface area contributed by atoms with Gasteiger partial charge in [0, 0.05) is 10.6 Å². The summed E-state index contributed by atoms with van der Waals surface area (Å²) in [4.78, 5) is 0. The molecule has 0 aromatic heterocycles. The molecule has 0 bridgehead atoms. The molecule has 0 aliphatic heterocycles. The van der Waals surface area contributed by atoms with E-state index in [1.807, 2.05) is 0 Å². The molecular weight excluding hydrogens is 272 g/mol. The van der Waals surface area contributed by atoms with Crippen LogP contribution in [0.3, 0.4) is 0 Å². The summed E-state index contributed by atoms with van der Waals surface area (Å²) in [7, 11) is 0. The first-order valence-corrected chi connectivity index (χ1v) is 6.00. The molecular formula is C14H12ClF2NO. The molecule has 2 rings (SSSR count). The summed E-state index contributed by atoms with van der Waals surface area (Å²) < 4.78 is 29.1. The van der Waals surface area contributed by atoms with Gasteiger partial charge in [-0.05, 0) is 23.8 Å². The zero-order chi connectivity index (χ0) is 13.8. The Kier molecular flexibility index (Phi) is 4.35. The molecule has 19 heavy (non-hydrogen) atoms. The van der Waals surface area contributed by atoms with Crippen molar-refractivity contribution in [3.05, 3.63) is 64.7 Å². The van der Waals surface area contributed by atoms with Crippen LogP contribution in [-0.4, -0.2) is 6.61 Å². The number of nitrogens with two attached hydrogens (primary N) is 1. The van der Waals surface area contributed by atoms with E-state index in [2.05, 4.69) is 4.74 Å². The van der Waals surface area contributed by atoms with Gasteiger partial charge in [0.1, 0.15) is 5.75 Å². The van der Waals surface area contributed by atoms with E-state index in [0.29, 0.717) is 10.6 Å². The summed E-state index contributed by atoms with van der Waals surface area (Å²) in [6, 6.07) is 12.8. The molecule has 0 fully saturated rings. The molecule has 1 unspecified atom stereocenters. The van der Waals surface area contributed by atoms with E-state index in [-0.39, 0.29) is 5.75 Å². The van der Waals surface area contributed by atoms with Crippen LogP contribution in [0.1, 0.15) is 17.2 Å². The quantitative estimate of drug-likeness (QED) is 0.921. The summed E-state index contributed by atoms with van der Waals surface area (Å²) in [6.45, 7) is -2.88. The molecule has 1 atom stereocenters. The minimum atomic E-state index is -2.88. The monoisotopic (exact) mass is 283 g/mol. The van der Waals surface area contributed by atoms with E-state index < -0.39 is 12.7 Å². The topological polar surface area (TPSA) is 35.2 Å². The van der Waals surface area contributed by atoms with Gasteiger partial charge in [-0.3, -0.25) is 0 Å². The Labute approximate surface area is 114 Å². The van der Waals surface area contributed by atoms with Crippen LogP contribution in [0.5, 0.6) is 5.75 Å². The maximum atomic E-state index is 12.3. The lowest BCUT2D eigenvalue weighted by atomic mass is 9.99. The number of benzene rings is 2. The van der Waals surface area contributed by atoms with Crippen molar-refractivity contribution in [2.45, 2.75) is 12.7 Å². The molecule has 0 amide bonds. The number of hydrogen-bond donors (Lipinski definition) is 1. The van der Waals surface area contributed by atoms with Crippen molar-refractivity contribution in [3.8, 4) is 5.75 Å². The van der Waals surface area contributed by atoms with E-state index in [1.165, 1.54) is 6.07 Å². The average Bonchev–Trinajstić information content (AvgIpc) is 2.39. The lowest BCUT2D eigenvalue weighted by Crippen LogP contribution is -2.14. The predicted octanol–water partition coefficient (Wildman–Crippen LogP) is 3.99. The zero-order valence-electron chi connectivity index (χ0n) is 9.89. The van der Waals surface area contributed by atoms with Gasteiger partial charge >= 0.3 is 6.61 Å². The first-order valence-electron chi connectivity index (χ1n) is 5.62. The van der Waals surface area contributed by atoms with Crippen molar-refractivity contribution in [1.29, 1.82) is 0 Å². The lowest BCUT2D eigenvalue weighted by molar-refractivity contribution is -0.0505. The van der Waals surface area contributed by atoms with Crippen LogP contribution in [0.15, 0.2) is 48.5 Å². The fourth-order valence-electron chi connectivity index (χ4n) is 1.79. The second kappa shape index (κ2) is 5.99. The Morgan fingerprint density at radius 1 is 1.00 bits per heavy atom. The number of ether oxygens (including phenoxy) is 1. The SMILES string of the molecule is NC(c1ccc(Cl)cc1)c1ccccc1OC(F)F. The Balaban J connectivity index is 2.32. The Bertz CT molecular complexity index is 545. The van der Waals surface area contributed by atoms with E-state index in [4.69, 9.17) is 17.3 Å². The van der Waals surface area contributed by atoms with Crippen molar-refractivity contribution in [1.82, 2.24) is 0 Å². The normalized spacial score (nSPS) is 12.5. The van der Waals surface area contributed by atoms with Crippen molar-refractivity contribution in [2.75, 3.05) is 0 Å². The highest BCUT2D eigenvalue weighted by Crippen LogP contribution is 2.29. The van der Waals surface area contributed by atoms with Crippen molar-refractivity contribution >= 4 is 11.6 Å². The number of para-hydroxylation sites is 1. The number of alkyl halides is 2. The third-order valence-electron chi connectivity index (χ3n) is 2.70. The molecule has 2 aromatic rings. The van der Waals surface area contributed by atoms with E-state index in [9.17, 15) is 8.78 Å². The predicted molar refractivity (Wildman–Crippen MR) is 70.6 cm³/mol. The first-order chi connectivity index (χ1) is 9.08.